The Morgan fingerprint density at radius 3 is 2.29 bits per heavy atom. The van der Waals surface area contributed by atoms with Gasteiger partial charge in [0.1, 0.15) is 5.75 Å². The van der Waals surface area contributed by atoms with E-state index >= 15 is 0 Å². The van der Waals surface area contributed by atoms with Crippen LogP contribution in [-0.2, 0) is 20.7 Å². The van der Waals surface area contributed by atoms with Crippen LogP contribution in [0.2, 0.25) is 0 Å². The largest absolute Gasteiger partial charge is 0.508 e. The van der Waals surface area contributed by atoms with E-state index in [4.69, 9.17) is 0 Å². The Hall–Kier alpha value is -3.61. The maximum absolute atomic E-state index is 12.2. The molecule has 0 saturated carbocycles. The van der Waals surface area contributed by atoms with Crippen LogP contribution < -0.4 is 10.6 Å². The lowest BCUT2D eigenvalue weighted by atomic mass is 10.1. The molecule has 0 heterocycles. The SMILES string of the molecule is COC(=O)c1ccc(NC(=O)/C(C)=C/C(=O)NCCc2ccc(O)cc2)cc1. The van der Waals surface area contributed by atoms with Crippen LogP contribution in [0, 0.1) is 0 Å². The van der Waals surface area contributed by atoms with E-state index in [2.05, 4.69) is 15.4 Å². The van der Waals surface area contributed by atoms with E-state index in [0.29, 0.717) is 24.2 Å². The fourth-order valence-electron chi connectivity index (χ4n) is 2.34. The van der Waals surface area contributed by atoms with E-state index in [0.717, 1.165) is 5.56 Å². The molecule has 0 aliphatic heterocycles. The fraction of sp³-hybridized carbons (Fsp3) is 0.190. The number of methoxy groups -OCH3 is 1. The molecule has 146 valence electrons. The lowest BCUT2D eigenvalue weighted by Crippen LogP contribution is -2.25. The third kappa shape index (κ3) is 6.28. The summed E-state index contributed by atoms with van der Waals surface area (Å²) in [7, 11) is 1.29. The molecule has 0 unspecified atom stereocenters. The minimum atomic E-state index is -0.460. The van der Waals surface area contributed by atoms with Crippen LogP contribution in [0.3, 0.4) is 0 Å². The van der Waals surface area contributed by atoms with Gasteiger partial charge in [0.15, 0.2) is 0 Å². The summed E-state index contributed by atoms with van der Waals surface area (Å²) in [6, 6.07) is 13.0. The zero-order valence-electron chi connectivity index (χ0n) is 15.7. The van der Waals surface area contributed by atoms with E-state index in [1.807, 2.05) is 0 Å². The van der Waals surface area contributed by atoms with Crippen molar-refractivity contribution in [2.24, 2.45) is 0 Å². The van der Waals surface area contributed by atoms with Gasteiger partial charge in [-0.3, -0.25) is 9.59 Å². The Morgan fingerprint density at radius 2 is 1.68 bits per heavy atom. The number of carbonyl (C=O) groups excluding carboxylic acids is 3. The van der Waals surface area contributed by atoms with Crippen LogP contribution in [-0.4, -0.2) is 36.5 Å². The first-order valence-electron chi connectivity index (χ1n) is 8.63. The van der Waals surface area contributed by atoms with Gasteiger partial charge in [-0.05, 0) is 55.3 Å². The summed E-state index contributed by atoms with van der Waals surface area (Å²) in [6.07, 6.45) is 1.84. The maximum Gasteiger partial charge on any atom is 0.337 e. The molecule has 0 atom stereocenters. The number of esters is 1. The molecule has 2 rings (SSSR count). The number of amides is 2. The molecule has 7 nitrogen and oxygen atoms in total. The van der Waals surface area contributed by atoms with Gasteiger partial charge in [0.05, 0.1) is 12.7 Å². The van der Waals surface area contributed by atoms with Crippen LogP contribution in [0.5, 0.6) is 5.75 Å². The van der Waals surface area contributed by atoms with E-state index in [1.54, 1.807) is 36.4 Å². The first-order valence-corrected chi connectivity index (χ1v) is 8.63. The van der Waals surface area contributed by atoms with Crippen LogP contribution in [0.25, 0.3) is 0 Å². The van der Waals surface area contributed by atoms with Gasteiger partial charge in [-0.15, -0.1) is 0 Å². The average molecular weight is 382 g/mol. The van der Waals surface area contributed by atoms with Gasteiger partial charge in [-0.2, -0.15) is 0 Å². The number of phenolic OH excluding ortho intramolecular Hbond substituents is 1. The molecule has 28 heavy (non-hydrogen) atoms. The molecule has 0 aliphatic carbocycles. The first-order chi connectivity index (χ1) is 13.4. The predicted octanol–water partition coefficient (Wildman–Crippen LogP) is 2.42. The monoisotopic (exact) mass is 382 g/mol. The molecule has 0 bridgehead atoms. The van der Waals surface area contributed by atoms with Crippen molar-refractivity contribution in [1.82, 2.24) is 5.32 Å². The lowest BCUT2D eigenvalue weighted by molar-refractivity contribution is -0.117. The van der Waals surface area contributed by atoms with Gasteiger partial charge in [-0.25, -0.2) is 4.79 Å². The standard InChI is InChI=1S/C21H22N2O5/c1-14(13-19(25)22-12-11-15-3-9-18(24)10-4-15)20(26)23-17-7-5-16(6-8-17)21(27)28-2/h3-10,13,24H,11-12H2,1-2H3,(H,22,25)(H,23,26)/b14-13+. The van der Waals surface area contributed by atoms with Crippen molar-refractivity contribution in [3.8, 4) is 5.75 Å². The number of phenols is 1. The highest BCUT2D eigenvalue weighted by atomic mass is 16.5. The molecule has 3 N–H and O–H groups in total. The molecular formula is C21H22N2O5. The van der Waals surface area contributed by atoms with Crippen molar-refractivity contribution in [1.29, 1.82) is 0 Å². The molecule has 0 fully saturated rings. The van der Waals surface area contributed by atoms with Gasteiger partial charge in [0.25, 0.3) is 5.91 Å². The number of anilines is 1. The number of aromatic hydroxyl groups is 1. The van der Waals surface area contributed by atoms with Gasteiger partial charge in [0.2, 0.25) is 5.91 Å². The minimum absolute atomic E-state index is 0.192. The highest BCUT2D eigenvalue weighted by Gasteiger charge is 2.09. The topological polar surface area (TPSA) is 105 Å². The van der Waals surface area contributed by atoms with E-state index < -0.39 is 11.9 Å². The van der Waals surface area contributed by atoms with Gasteiger partial charge < -0.3 is 20.5 Å². The van der Waals surface area contributed by atoms with Crippen molar-refractivity contribution in [2.45, 2.75) is 13.3 Å². The number of ether oxygens (including phenoxy) is 1. The lowest BCUT2D eigenvalue weighted by Gasteiger charge is -2.07. The molecule has 0 radical (unpaired) electrons. The molecule has 2 aromatic carbocycles. The van der Waals surface area contributed by atoms with Crippen molar-refractivity contribution in [3.63, 3.8) is 0 Å². The van der Waals surface area contributed by atoms with E-state index in [-0.39, 0.29) is 17.2 Å². The average Bonchev–Trinajstić information content (AvgIpc) is 2.69. The van der Waals surface area contributed by atoms with Crippen molar-refractivity contribution < 1.29 is 24.2 Å². The normalized spacial score (nSPS) is 10.9. The van der Waals surface area contributed by atoms with Crippen LogP contribution in [0.4, 0.5) is 5.69 Å². The summed E-state index contributed by atoms with van der Waals surface area (Å²) in [5.41, 5.74) is 2.10. The molecule has 2 amide bonds. The highest BCUT2D eigenvalue weighted by molar-refractivity contribution is 6.07. The number of benzene rings is 2. The quantitative estimate of drug-likeness (QED) is 0.504. The highest BCUT2D eigenvalue weighted by Crippen LogP contribution is 2.12. The van der Waals surface area contributed by atoms with E-state index in [1.165, 1.54) is 32.2 Å². The van der Waals surface area contributed by atoms with Crippen molar-refractivity contribution in [3.05, 3.63) is 71.3 Å². The molecule has 0 spiro atoms. The second-order valence-corrected chi connectivity index (χ2v) is 6.06. The first kappa shape index (κ1) is 20.7. The van der Waals surface area contributed by atoms with Crippen molar-refractivity contribution >= 4 is 23.5 Å². The van der Waals surface area contributed by atoms with Crippen LogP contribution in [0.1, 0.15) is 22.8 Å². The number of hydrogen-bond acceptors (Lipinski definition) is 5. The Labute approximate surface area is 163 Å². The summed E-state index contributed by atoms with van der Waals surface area (Å²) < 4.78 is 4.61. The van der Waals surface area contributed by atoms with Crippen molar-refractivity contribution in [2.75, 3.05) is 19.0 Å². The number of carbonyl (C=O) groups is 3. The Morgan fingerprint density at radius 1 is 1.04 bits per heavy atom. The Bertz CT molecular complexity index is 871. The van der Waals surface area contributed by atoms with Gasteiger partial charge in [0, 0.05) is 23.9 Å². The van der Waals surface area contributed by atoms with E-state index in [9.17, 15) is 19.5 Å². The molecule has 0 aliphatic rings. The van der Waals surface area contributed by atoms with Gasteiger partial charge >= 0.3 is 5.97 Å². The third-order valence-corrected chi connectivity index (χ3v) is 3.92. The maximum atomic E-state index is 12.2. The zero-order chi connectivity index (χ0) is 20.5. The molecular weight excluding hydrogens is 360 g/mol. The molecule has 0 aromatic heterocycles. The zero-order valence-corrected chi connectivity index (χ0v) is 15.7. The second-order valence-electron chi connectivity index (χ2n) is 6.06. The number of rotatable bonds is 7. The molecule has 2 aromatic rings. The second kappa shape index (κ2) is 9.91. The summed E-state index contributed by atoms with van der Waals surface area (Å²) in [4.78, 5) is 35.5. The van der Waals surface area contributed by atoms with Crippen LogP contribution >= 0.6 is 0 Å². The van der Waals surface area contributed by atoms with Crippen LogP contribution in [0.15, 0.2) is 60.2 Å². The summed E-state index contributed by atoms with van der Waals surface area (Å²) in [5, 5.41) is 14.6. The molecule has 0 saturated heterocycles. The fourth-order valence-corrected chi connectivity index (χ4v) is 2.34. The van der Waals surface area contributed by atoms with Gasteiger partial charge in [-0.1, -0.05) is 12.1 Å². The number of hydrogen-bond donors (Lipinski definition) is 3. The smallest absolute Gasteiger partial charge is 0.337 e. The predicted molar refractivity (Wildman–Crippen MR) is 105 cm³/mol. The Balaban J connectivity index is 1.83. The minimum Gasteiger partial charge on any atom is -0.508 e. The Kier molecular flexibility index (Phi) is 7.33. The third-order valence-electron chi connectivity index (χ3n) is 3.92. The summed E-state index contributed by atoms with van der Waals surface area (Å²) in [6.45, 7) is 1.95. The number of nitrogens with one attached hydrogen (secondary N) is 2. The summed E-state index contributed by atoms with van der Waals surface area (Å²) in [5.74, 6) is -1.05. The molecule has 7 heteroatoms. The summed E-state index contributed by atoms with van der Waals surface area (Å²) >= 11 is 0.